The van der Waals surface area contributed by atoms with Crippen molar-refractivity contribution in [2.24, 2.45) is 5.92 Å². The van der Waals surface area contributed by atoms with Crippen LogP contribution in [-0.2, 0) is 0 Å². The highest BCUT2D eigenvalue weighted by molar-refractivity contribution is 5.97. The highest BCUT2D eigenvalue weighted by atomic mass is 16.1. The monoisotopic (exact) mass is 294 g/mol. The van der Waals surface area contributed by atoms with Crippen molar-refractivity contribution < 1.29 is 4.79 Å². The van der Waals surface area contributed by atoms with E-state index in [0.717, 1.165) is 16.7 Å². The van der Waals surface area contributed by atoms with Gasteiger partial charge in [-0.05, 0) is 36.2 Å². The van der Waals surface area contributed by atoms with Crippen LogP contribution >= 0.6 is 0 Å². The molecule has 0 saturated carbocycles. The molecule has 2 heterocycles. The SMILES string of the molecule is CC(C)[C@H](NC(=O)c1ccc2nc[nH]c2c1)c1ccccn1. The minimum atomic E-state index is -0.119. The van der Waals surface area contributed by atoms with Gasteiger partial charge in [0.05, 0.1) is 29.1 Å². The average Bonchev–Trinajstić information content (AvgIpc) is 3.00. The largest absolute Gasteiger partial charge is 0.345 e. The lowest BCUT2D eigenvalue weighted by molar-refractivity contribution is 0.0924. The third-order valence-corrected chi connectivity index (χ3v) is 3.64. The van der Waals surface area contributed by atoms with Gasteiger partial charge < -0.3 is 10.3 Å². The summed E-state index contributed by atoms with van der Waals surface area (Å²) in [6.45, 7) is 4.13. The van der Waals surface area contributed by atoms with Gasteiger partial charge in [0.25, 0.3) is 5.91 Å². The van der Waals surface area contributed by atoms with Crippen molar-refractivity contribution in [2.45, 2.75) is 19.9 Å². The predicted molar refractivity (Wildman–Crippen MR) is 85.4 cm³/mol. The molecule has 1 aromatic carbocycles. The summed E-state index contributed by atoms with van der Waals surface area (Å²) in [6.07, 6.45) is 3.37. The first kappa shape index (κ1) is 14.3. The third-order valence-electron chi connectivity index (χ3n) is 3.64. The molecule has 0 aliphatic heterocycles. The minimum absolute atomic E-state index is 0.110. The number of aromatic amines is 1. The number of rotatable bonds is 4. The topological polar surface area (TPSA) is 70.7 Å². The minimum Gasteiger partial charge on any atom is -0.345 e. The normalized spacial score (nSPS) is 12.5. The van der Waals surface area contributed by atoms with E-state index in [4.69, 9.17) is 0 Å². The number of imidazole rings is 1. The Morgan fingerprint density at radius 1 is 1.18 bits per heavy atom. The molecule has 1 amide bonds. The van der Waals surface area contributed by atoms with E-state index in [2.05, 4.69) is 34.1 Å². The molecule has 0 aliphatic rings. The highest BCUT2D eigenvalue weighted by Crippen LogP contribution is 2.20. The van der Waals surface area contributed by atoms with Crippen LogP contribution in [0.4, 0.5) is 0 Å². The van der Waals surface area contributed by atoms with Crippen LogP contribution in [0.1, 0.15) is 35.9 Å². The molecule has 0 radical (unpaired) electrons. The van der Waals surface area contributed by atoms with Crippen molar-refractivity contribution in [1.82, 2.24) is 20.3 Å². The molecule has 112 valence electrons. The number of aromatic nitrogens is 3. The number of H-pyrrole nitrogens is 1. The number of fused-ring (bicyclic) bond motifs is 1. The first-order valence-electron chi connectivity index (χ1n) is 7.30. The van der Waals surface area contributed by atoms with Gasteiger partial charge in [-0.1, -0.05) is 19.9 Å². The van der Waals surface area contributed by atoms with Crippen molar-refractivity contribution in [3.63, 3.8) is 0 Å². The van der Waals surface area contributed by atoms with Crippen LogP contribution in [0.3, 0.4) is 0 Å². The first-order valence-corrected chi connectivity index (χ1v) is 7.30. The Hall–Kier alpha value is -2.69. The van der Waals surface area contributed by atoms with E-state index >= 15 is 0 Å². The fourth-order valence-electron chi connectivity index (χ4n) is 2.44. The Balaban J connectivity index is 1.84. The van der Waals surface area contributed by atoms with Gasteiger partial charge in [0, 0.05) is 11.8 Å². The lowest BCUT2D eigenvalue weighted by Gasteiger charge is -2.22. The Labute approximate surface area is 128 Å². The standard InChI is InChI=1S/C17H18N4O/c1-11(2)16(14-5-3-4-8-18-14)21-17(22)12-6-7-13-15(9-12)20-10-19-13/h3-11,16H,1-2H3,(H,19,20)(H,21,22)/t16-/m0/s1. The fraction of sp³-hybridized carbons (Fsp3) is 0.235. The van der Waals surface area contributed by atoms with Gasteiger partial charge in [0.15, 0.2) is 0 Å². The molecule has 1 atom stereocenters. The molecule has 0 unspecified atom stereocenters. The molecule has 0 bridgehead atoms. The van der Waals surface area contributed by atoms with E-state index in [9.17, 15) is 4.79 Å². The number of pyridine rings is 1. The van der Waals surface area contributed by atoms with Crippen LogP contribution in [0.5, 0.6) is 0 Å². The molecule has 5 nitrogen and oxygen atoms in total. The van der Waals surface area contributed by atoms with Gasteiger partial charge >= 0.3 is 0 Å². The second-order valence-electron chi connectivity index (χ2n) is 5.58. The molecule has 2 N–H and O–H groups in total. The van der Waals surface area contributed by atoms with Crippen molar-refractivity contribution in [1.29, 1.82) is 0 Å². The first-order chi connectivity index (χ1) is 10.6. The number of amides is 1. The lowest BCUT2D eigenvalue weighted by atomic mass is 9.99. The number of hydrogen-bond acceptors (Lipinski definition) is 3. The predicted octanol–water partition coefficient (Wildman–Crippen LogP) is 3.09. The molecule has 22 heavy (non-hydrogen) atoms. The molecule has 0 fully saturated rings. The summed E-state index contributed by atoms with van der Waals surface area (Å²) in [5.74, 6) is 0.135. The molecule has 0 aliphatic carbocycles. The highest BCUT2D eigenvalue weighted by Gasteiger charge is 2.20. The maximum absolute atomic E-state index is 12.5. The number of benzene rings is 1. The molecule has 5 heteroatoms. The lowest BCUT2D eigenvalue weighted by Crippen LogP contribution is -2.32. The Kier molecular flexibility index (Phi) is 3.87. The van der Waals surface area contributed by atoms with Crippen molar-refractivity contribution >= 4 is 16.9 Å². The van der Waals surface area contributed by atoms with Gasteiger partial charge in [-0.15, -0.1) is 0 Å². The fourth-order valence-corrected chi connectivity index (χ4v) is 2.44. The van der Waals surface area contributed by atoms with Crippen LogP contribution in [0.2, 0.25) is 0 Å². The van der Waals surface area contributed by atoms with Gasteiger partial charge in [-0.2, -0.15) is 0 Å². The molecule has 3 aromatic rings. The van der Waals surface area contributed by atoms with Gasteiger partial charge in [-0.3, -0.25) is 9.78 Å². The third kappa shape index (κ3) is 2.83. The summed E-state index contributed by atoms with van der Waals surface area (Å²) < 4.78 is 0. The Morgan fingerprint density at radius 3 is 2.77 bits per heavy atom. The zero-order valence-corrected chi connectivity index (χ0v) is 12.6. The van der Waals surface area contributed by atoms with E-state index < -0.39 is 0 Å². The van der Waals surface area contributed by atoms with Crippen LogP contribution in [-0.4, -0.2) is 20.9 Å². The van der Waals surface area contributed by atoms with Crippen LogP contribution < -0.4 is 5.32 Å². The van der Waals surface area contributed by atoms with E-state index in [-0.39, 0.29) is 17.9 Å². The second-order valence-corrected chi connectivity index (χ2v) is 5.58. The van der Waals surface area contributed by atoms with E-state index in [0.29, 0.717) is 5.56 Å². The number of nitrogens with zero attached hydrogens (tertiary/aromatic N) is 2. The Morgan fingerprint density at radius 2 is 2.05 bits per heavy atom. The van der Waals surface area contributed by atoms with Gasteiger partial charge in [0.1, 0.15) is 0 Å². The van der Waals surface area contributed by atoms with E-state index in [1.165, 1.54) is 0 Å². The van der Waals surface area contributed by atoms with E-state index in [1.807, 2.05) is 30.3 Å². The average molecular weight is 294 g/mol. The summed E-state index contributed by atoms with van der Waals surface area (Å²) in [5.41, 5.74) is 3.18. The zero-order valence-electron chi connectivity index (χ0n) is 12.6. The Bertz CT molecular complexity index is 779. The maximum Gasteiger partial charge on any atom is 0.251 e. The molecule has 2 aromatic heterocycles. The summed E-state index contributed by atoms with van der Waals surface area (Å²) in [6, 6.07) is 11.1. The molecular weight excluding hydrogens is 276 g/mol. The number of nitrogens with one attached hydrogen (secondary N) is 2. The van der Waals surface area contributed by atoms with Crippen molar-refractivity contribution in [3.05, 3.63) is 60.2 Å². The molecule has 3 rings (SSSR count). The van der Waals surface area contributed by atoms with Crippen molar-refractivity contribution in [3.8, 4) is 0 Å². The van der Waals surface area contributed by atoms with Crippen LogP contribution in [0.25, 0.3) is 11.0 Å². The summed E-state index contributed by atoms with van der Waals surface area (Å²) >= 11 is 0. The summed E-state index contributed by atoms with van der Waals surface area (Å²) in [4.78, 5) is 24.1. The molecular formula is C17H18N4O. The van der Waals surface area contributed by atoms with Gasteiger partial charge in [-0.25, -0.2) is 4.98 Å². The van der Waals surface area contributed by atoms with Crippen molar-refractivity contribution in [2.75, 3.05) is 0 Å². The van der Waals surface area contributed by atoms with Crippen LogP contribution in [0.15, 0.2) is 48.9 Å². The van der Waals surface area contributed by atoms with Crippen LogP contribution in [0, 0.1) is 5.92 Å². The zero-order chi connectivity index (χ0) is 15.5. The molecule has 0 saturated heterocycles. The number of carbonyl (C=O) groups is 1. The van der Waals surface area contributed by atoms with E-state index in [1.54, 1.807) is 18.6 Å². The smallest absolute Gasteiger partial charge is 0.251 e. The summed E-state index contributed by atoms with van der Waals surface area (Å²) in [5, 5.41) is 3.07. The number of carbonyl (C=O) groups excluding carboxylic acids is 1. The van der Waals surface area contributed by atoms with Gasteiger partial charge in [0.2, 0.25) is 0 Å². The summed E-state index contributed by atoms with van der Waals surface area (Å²) in [7, 11) is 0. The quantitative estimate of drug-likeness (QED) is 0.776. The second kappa shape index (κ2) is 5.97. The number of hydrogen-bond donors (Lipinski definition) is 2. The molecule has 0 spiro atoms. The maximum atomic E-state index is 12.5.